The lowest BCUT2D eigenvalue weighted by Gasteiger charge is -2.30. The van der Waals surface area contributed by atoms with Crippen LogP contribution in [-0.4, -0.2) is 6.54 Å². The van der Waals surface area contributed by atoms with Gasteiger partial charge in [0.2, 0.25) is 0 Å². The van der Waals surface area contributed by atoms with Crippen molar-refractivity contribution in [2.45, 2.75) is 44.9 Å². The van der Waals surface area contributed by atoms with Crippen molar-refractivity contribution in [3.05, 3.63) is 35.9 Å². The molecule has 2 atom stereocenters. The first-order valence-electron chi connectivity index (χ1n) is 7.14. The van der Waals surface area contributed by atoms with E-state index in [0.717, 1.165) is 18.4 Å². The van der Waals surface area contributed by atoms with Crippen molar-refractivity contribution in [2.75, 3.05) is 6.54 Å². The largest absolute Gasteiger partial charge is 0.330 e. The first-order chi connectivity index (χ1) is 8.40. The summed E-state index contributed by atoms with van der Waals surface area (Å²) in [7, 11) is 0. The summed E-state index contributed by atoms with van der Waals surface area (Å²) in [5.74, 6) is 1.71. The summed E-state index contributed by atoms with van der Waals surface area (Å²) < 4.78 is 0. The number of rotatable bonds is 5. The Balaban J connectivity index is 1.74. The van der Waals surface area contributed by atoms with Gasteiger partial charge in [0, 0.05) is 0 Å². The average molecular weight is 231 g/mol. The van der Waals surface area contributed by atoms with Crippen LogP contribution in [0.25, 0.3) is 0 Å². The van der Waals surface area contributed by atoms with Crippen LogP contribution >= 0.6 is 0 Å². The molecular formula is C16H25N. The van der Waals surface area contributed by atoms with Crippen molar-refractivity contribution in [2.24, 2.45) is 17.6 Å². The van der Waals surface area contributed by atoms with Gasteiger partial charge in [0.05, 0.1) is 0 Å². The van der Waals surface area contributed by atoms with Crippen LogP contribution in [0.2, 0.25) is 0 Å². The van der Waals surface area contributed by atoms with Gasteiger partial charge in [-0.25, -0.2) is 0 Å². The first-order valence-corrected chi connectivity index (χ1v) is 7.14. The Hall–Kier alpha value is -0.820. The maximum Gasteiger partial charge on any atom is -0.00462 e. The Morgan fingerprint density at radius 2 is 1.71 bits per heavy atom. The molecule has 2 unspecified atom stereocenters. The summed E-state index contributed by atoms with van der Waals surface area (Å²) in [5, 5.41) is 0. The molecule has 2 rings (SSSR count). The van der Waals surface area contributed by atoms with E-state index in [1.807, 2.05) is 0 Å². The van der Waals surface area contributed by atoms with Crippen molar-refractivity contribution in [3.63, 3.8) is 0 Å². The number of hydrogen-bond donors (Lipinski definition) is 1. The predicted molar refractivity (Wildman–Crippen MR) is 73.9 cm³/mol. The van der Waals surface area contributed by atoms with Gasteiger partial charge < -0.3 is 5.73 Å². The van der Waals surface area contributed by atoms with E-state index < -0.39 is 0 Å². The van der Waals surface area contributed by atoms with E-state index >= 15 is 0 Å². The molecular weight excluding hydrogens is 206 g/mol. The molecule has 1 aromatic rings. The zero-order valence-corrected chi connectivity index (χ0v) is 10.8. The molecule has 0 saturated heterocycles. The van der Waals surface area contributed by atoms with Crippen molar-refractivity contribution < 1.29 is 0 Å². The molecule has 1 aliphatic carbocycles. The van der Waals surface area contributed by atoms with E-state index in [4.69, 9.17) is 5.73 Å². The second kappa shape index (κ2) is 6.80. The summed E-state index contributed by atoms with van der Waals surface area (Å²) in [5.41, 5.74) is 7.36. The smallest absolute Gasteiger partial charge is 0.00462 e. The Morgan fingerprint density at radius 1 is 1.00 bits per heavy atom. The highest BCUT2D eigenvalue weighted by atomic mass is 14.6. The molecule has 94 valence electrons. The molecule has 1 heteroatoms. The van der Waals surface area contributed by atoms with E-state index in [9.17, 15) is 0 Å². The fourth-order valence-corrected chi connectivity index (χ4v) is 3.19. The standard InChI is InChI=1S/C16H25N/c17-13-16-11-5-4-10-15(16)12-6-9-14-7-2-1-3-8-14/h1-3,7-8,15-16H,4-6,9-13,17H2. The Bertz CT molecular complexity index is 307. The van der Waals surface area contributed by atoms with Crippen LogP contribution in [0.3, 0.4) is 0 Å². The van der Waals surface area contributed by atoms with Crippen LogP contribution in [0.1, 0.15) is 44.1 Å². The number of aryl methyl sites for hydroxylation is 1. The average Bonchev–Trinajstić information content (AvgIpc) is 2.40. The van der Waals surface area contributed by atoms with Crippen molar-refractivity contribution in [3.8, 4) is 0 Å². The second-order valence-electron chi connectivity index (χ2n) is 5.42. The minimum Gasteiger partial charge on any atom is -0.330 e. The molecule has 1 nitrogen and oxygen atoms in total. The first kappa shape index (κ1) is 12.6. The van der Waals surface area contributed by atoms with Crippen molar-refractivity contribution in [1.29, 1.82) is 0 Å². The summed E-state index contributed by atoms with van der Waals surface area (Å²) in [6.45, 7) is 0.899. The van der Waals surface area contributed by atoms with Crippen LogP contribution < -0.4 is 5.73 Å². The lowest BCUT2D eigenvalue weighted by atomic mass is 9.76. The van der Waals surface area contributed by atoms with Crippen LogP contribution in [0.5, 0.6) is 0 Å². The van der Waals surface area contributed by atoms with Gasteiger partial charge in [-0.3, -0.25) is 0 Å². The summed E-state index contributed by atoms with van der Waals surface area (Å²) in [4.78, 5) is 0. The maximum atomic E-state index is 5.88. The number of hydrogen-bond acceptors (Lipinski definition) is 1. The number of nitrogens with two attached hydrogens (primary N) is 1. The fourth-order valence-electron chi connectivity index (χ4n) is 3.19. The lowest BCUT2D eigenvalue weighted by Crippen LogP contribution is -2.26. The molecule has 0 heterocycles. The topological polar surface area (TPSA) is 26.0 Å². The highest BCUT2D eigenvalue weighted by molar-refractivity contribution is 5.14. The third-order valence-corrected chi connectivity index (χ3v) is 4.25. The van der Waals surface area contributed by atoms with Crippen LogP contribution in [0.15, 0.2) is 30.3 Å². The van der Waals surface area contributed by atoms with E-state index in [0.29, 0.717) is 0 Å². The van der Waals surface area contributed by atoms with E-state index in [1.54, 1.807) is 0 Å². The molecule has 0 aromatic heterocycles. The van der Waals surface area contributed by atoms with Gasteiger partial charge in [0.25, 0.3) is 0 Å². The molecule has 0 radical (unpaired) electrons. The van der Waals surface area contributed by atoms with Crippen molar-refractivity contribution in [1.82, 2.24) is 0 Å². The molecule has 2 N–H and O–H groups in total. The summed E-state index contributed by atoms with van der Waals surface area (Å²) >= 11 is 0. The van der Waals surface area contributed by atoms with Crippen molar-refractivity contribution >= 4 is 0 Å². The van der Waals surface area contributed by atoms with Gasteiger partial charge in [-0.05, 0) is 49.6 Å². The predicted octanol–water partition coefficient (Wildman–Crippen LogP) is 3.77. The molecule has 1 aromatic carbocycles. The zero-order chi connectivity index (χ0) is 11.9. The molecule has 17 heavy (non-hydrogen) atoms. The van der Waals surface area contributed by atoms with E-state index in [-0.39, 0.29) is 0 Å². The Morgan fingerprint density at radius 3 is 2.41 bits per heavy atom. The molecule has 1 fully saturated rings. The van der Waals surface area contributed by atoms with Gasteiger partial charge in [0.15, 0.2) is 0 Å². The van der Waals surface area contributed by atoms with Gasteiger partial charge >= 0.3 is 0 Å². The summed E-state index contributed by atoms with van der Waals surface area (Å²) in [6, 6.07) is 10.8. The maximum absolute atomic E-state index is 5.88. The second-order valence-corrected chi connectivity index (χ2v) is 5.42. The molecule has 1 aliphatic rings. The highest BCUT2D eigenvalue weighted by Gasteiger charge is 2.23. The number of benzene rings is 1. The van der Waals surface area contributed by atoms with Crippen LogP contribution in [0, 0.1) is 11.8 Å². The fraction of sp³-hybridized carbons (Fsp3) is 0.625. The van der Waals surface area contributed by atoms with Gasteiger partial charge in [-0.1, -0.05) is 49.6 Å². The molecule has 0 amide bonds. The van der Waals surface area contributed by atoms with Gasteiger partial charge in [0.1, 0.15) is 0 Å². The molecule has 0 bridgehead atoms. The molecule has 0 aliphatic heterocycles. The quantitative estimate of drug-likeness (QED) is 0.820. The summed E-state index contributed by atoms with van der Waals surface area (Å²) in [6.07, 6.45) is 9.53. The van der Waals surface area contributed by atoms with E-state index in [2.05, 4.69) is 30.3 Å². The highest BCUT2D eigenvalue weighted by Crippen LogP contribution is 2.32. The third kappa shape index (κ3) is 3.85. The monoisotopic (exact) mass is 231 g/mol. The Kier molecular flexibility index (Phi) is 5.06. The van der Waals surface area contributed by atoms with Crippen LogP contribution in [-0.2, 0) is 6.42 Å². The normalized spacial score (nSPS) is 24.8. The zero-order valence-electron chi connectivity index (χ0n) is 10.8. The molecule has 0 spiro atoms. The third-order valence-electron chi connectivity index (χ3n) is 4.25. The van der Waals surface area contributed by atoms with Gasteiger partial charge in [-0.15, -0.1) is 0 Å². The van der Waals surface area contributed by atoms with Gasteiger partial charge in [-0.2, -0.15) is 0 Å². The minimum atomic E-state index is 0.805. The Labute approximate surface area is 105 Å². The molecule has 1 saturated carbocycles. The van der Waals surface area contributed by atoms with E-state index in [1.165, 1.54) is 50.5 Å². The minimum absolute atomic E-state index is 0.805. The van der Waals surface area contributed by atoms with Crippen LogP contribution in [0.4, 0.5) is 0 Å². The lowest BCUT2D eigenvalue weighted by molar-refractivity contribution is 0.226. The SMILES string of the molecule is NCC1CCCCC1CCCc1ccccc1.